The first-order chi connectivity index (χ1) is 11.3. The van der Waals surface area contributed by atoms with E-state index in [1.807, 2.05) is 18.2 Å². The lowest BCUT2D eigenvalue weighted by Gasteiger charge is -2.24. The molecule has 4 rings (SSSR count). The van der Waals surface area contributed by atoms with E-state index in [1.165, 1.54) is 24.0 Å². The highest BCUT2D eigenvalue weighted by Gasteiger charge is 2.29. The molecule has 5 heteroatoms. The van der Waals surface area contributed by atoms with Crippen LogP contribution in [0.15, 0.2) is 48.7 Å². The van der Waals surface area contributed by atoms with E-state index < -0.39 is 0 Å². The van der Waals surface area contributed by atoms with E-state index in [9.17, 15) is 0 Å². The summed E-state index contributed by atoms with van der Waals surface area (Å²) in [7, 11) is 0. The molecule has 0 unspecified atom stereocenters. The van der Waals surface area contributed by atoms with E-state index in [2.05, 4.69) is 51.3 Å². The number of hydrogen-bond acceptors (Lipinski definition) is 5. The molecule has 1 aliphatic heterocycles. The van der Waals surface area contributed by atoms with Gasteiger partial charge in [0.1, 0.15) is 5.69 Å². The van der Waals surface area contributed by atoms with Crippen molar-refractivity contribution >= 4 is 16.5 Å². The number of rotatable bonds is 3. The van der Waals surface area contributed by atoms with Gasteiger partial charge in [-0.3, -0.25) is 4.98 Å². The fourth-order valence-electron chi connectivity index (χ4n) is 3.14. The Morgan fingerprint density at radius 3 is 2.91 bits per heavy atom. The maximum absolute atomic E-state index is 4.43. The zero-order valence-corrected chi connectivity index (χ0v) is 13.8. The second-order valence-electron chi connectivity index (χ2n) is 5.87. The van der Waals surface area contributed by atoms with Crippen molar-refractivity contribution in [2.24, 2.45) is 0 Å². The monoisotopic (exact) mass is 322 g/mol. The molecule has 0 amide bonds. The molecule has 3 aromatic rings. The normalized spacial score (nSPS) is 17.6. The Kier molecular flexibility index (Phi) is 3.79. The van der Waals surface area contributed by atoms with Crippen LogP contribution in [-0.2, 0) is 0 Å². The Bertz CT molecular complexity index is 800. The number of anilines is 1. The molecule has 1 aromatic carbocycles. The first kappa shape index (κ1) is 14.3. The van der Waals surface area contributed by atoms with Gasteiger partial charge in [-0.1, -0.05) is 47.2 Å². The maximum Gasteiger partial charge on any atom is 0.209 e. The predicted molar refractivity (Wildman–Crippen MR) is 93.6 cm³/mol. The van der Waals surface area contributed by atoms with Gasteiger partial charge >= 0.3 is 0 Å². The van der Waals surface area contributed by atoms with Crippen LogP contribution < -0.4 is 4.90 Å². The highest BCUT2D eigenvalue weighted by molar-refractivity contribution is 7.18. The number of aryl methyl sites for hydroxylation is 1. The largest absolute Gasteiger partial charge is 0.340 e. The maximum atomic E-state index is 4.43. The van der Waals surface area contributed by atoms with Crippen LogP contribution in [0.4, 0.5) is 5.13 Å². The summed E-state index contributed by atoms with van der Waals surface area (Å²) in [5, 5.41) is 10.6. The minimum absolute atomic E-state index is 0.402. The summed E-state index contributed by atoms with van der Waals surface area (Å²) in [5.74, 6) is 0. The highest BCUT2D eigenvalue weighted by Crippen LogP contribution is 2.38. The molecular formula is C18H18N4S. The SMILES string of the molecule is Cc1cccc([C@@H]2CCCN2c2nnc(-c3ccccn3)s2)c1. The summed E-state index contributed by atoms with van der Waals surface area (Å²) in [4.78, 5) is 6.75. The molecule has 1 fully saturated rings. The minimum atomic E-state index is 0.402. The lowest BCUT2D eigenvalue weighted by molar-refractivity contribution is 0.713. The molecule has 0 bridgehead atoms. The van der Waals surface area contributed by atoms with Crippen molar-refractivity contribution in [3.63, 3.8) is 0 Å². The molecule has 0 radical (unpaired) electrons. The summed E-state index contributed by atoms with van der Waals surface area (Å²) in [6, 6.07) is 15.1. The van der Waals surface area contributed by atoms with E-state index in [-0.39, 0.29) is 0 Å². The summed E-state index contributed by atoms with van der Waals surface area (Å²) >= 11 is 1.63. The molecular weight excluding hydrogens is 304 g/mol. The van der Waals surface area contributed by atoms with Crippen LogP contribution in [0.2, 0.25) is 0 Å². The molecule has 1 atom stereocenters. The molecule has 116 valence electrons. The highest BCUT2D eigenvalue weighted by atomic mass is 32.1. The average molecular weight is 322 g/mol. The molecule has 1 aliphatic rings. The number of pyridine rings is 1. The smallest absolute Gasteiger partial charge is 0.209 e. The Morgan fingerprint density at radius 2 is 2.09 bits per heavy atom. The summed E-state index contributed by atoms with van der Waals surface area (Å²) in [5.41, 5.74) is 3.57. The molecule has 4 nitrogen and oxygen atoms in total. The molecule has 0 N–H and O–H groups in total. The van der Waals surface area contributed by atoms with E-state index in [4.69, 9.17) is 0 Å². The quantitative estimate of drug-likeness (QED) is 0.723. The van der Waals surface area contributed by atoms with Gasteiger partial charge in [0.2, 0.25) is 5.13 Å². The molecule has 2 aromatic heterocycles. The molecule has 23 heavy (non-hydrogen) atoms. The van der Waals surface area contributed by atoms with Crippen LogP contribution in [0.25, 0.3) is 10.7 Å². The van der Waals surface area contributed by atoms with Gasteiger partial charge in [-0.25, -0.2) is 0 Å². The van der Waals surface area contributed by atoms with Crippen LogP contribution >= 0.6 is 11.3 Å². The van der Waals surface area contributed by atoms with Crippen molar-refractivity contribution in [1.29, 1.82) is 0 Å². The van der Waals surface area contributed by atoms with Crippen molar-refractivity contribution in [3.8, 4) is 10.7 Å². The van der Waals surface area contributed by atoms with E-state index >= 15 is 0 Å². The third kappa shape index (κ3) is 2.84. The van der Waals surface area contributed by atoms with Crippen molar-refractivity contribution < 1.29 is 0 Å². The van der Waals surface area contributed by atoms with Gasteiger partial charge in [0.05, 0.1) is 6.04 Å². The second kappa shape index (κ2) is 6.08. The van der Waals surface area contributed by atoms with Gasteiger partial charge in [-0.15, -0.1) is 10.2 Å². The van der Waals surface area contributed by atoms with Crippen molar-refractivity contribution in [3.05, 3.63) is 59.8 Å². The Morgan fingerprint density at radius 1 is 1.13 bits per heavy atom. The fourth-order valence-corrected chi connectivity index (χ4v) is 4.04. The zero-order chi connectivity index (χ0) is 15.6. The van der Waals surface area contributed by atoms with Gasteiger partial charge < -0.3 is 4.90 Å². The summed E-state index contributed by atoms with van der Waals surface area (Å²) < 4.78 is 0. The summed E-state index contributed by atoms with van der Waals surface area (Å²) in [6.45, 7) is 3.18. The molecule has 1 saturated heterocycles. The second-order valence-corrected chi connectivity index (χ2v) is 6.83. The minimum Gasteiger partial charge on any atom is -0.340 e. The molecule has 0 aliphatic carbocycles. The first-order valence-corrected chi connectivity index (χ1v) is 8.71. The fraction of sp³-hybridized carbons (Fsp3) is 0.278. The van der Waals surface area contributed by atoms with Gasteiger partial charge in [-0.05, 0) is 37.5 Å². The van der Waals surface area contributed by atoms with Crippen molar-refractivity contribution in [2.75, 3.05) is 11.4 Å². The molecule has 0 spiro atoms. The van der Waals surface area contributed by atoms with Gasteiger partial charge in [0, 0.05) is 12.7 Å². The van der Waals surface area contributed by atoms with Gasteiger partial charge in [0.25, 0.3) is 0 Å². The van der Waals surface area contributed by atoms with Crippen molar-refractivity contribution in [2.45, 2.75) is 25.8 Å². The van der Waals surface area contributed by atoms with E-state index in [1.54, 1.807) is 17.5 Å². The number of nitrogens with zero attached hydrogens (tertiary/aromatic N) is 4. The van der Waals surface area contributed by atoms with Gasteiger partial charge in [-0.2, -0.15) is 0 Å². The lowest BCUT2D eigenvalue weighted by Crippen LogP contribution is -2.22. The third-order valence-electron chi connectivity index (χ3n) is 4.22. The molecule has 0 saturated carbocycles. The lowest BCUT2D eigenvalue weighted by atomic mass is 10.0. The zero-order valence-electron chi connectivity index (χ0n) is 13.0. The first-order valence-electron chi connectivity index (χ1n) is 7.89. The van der Waals surface area contributed by atoms with Crippen LogP contribution in [-0.4, -0.2) is 21.7 Å². The molecule has 3 heterocycles. The van der Waals surface area contributed by atoms with E-state index in [0.29, 0.717) is 6.04 Å². The topological polar surface area (TPSA) is 41.9 Å². The van der Waals surface area contributed by atoms with Crippen LogP contribution in [0, 0.1) is 6.92 Å². The number of hydrogen-bond donors (Lipinski definition) is 0. The third-order valence-corrected chi connectivity index (χ3v) is 5.21. The standard InChI is InChI=1S/C18H18N4S/c1-13-6-4-7-14(12-13)16-9-5-11-22(16)18-21-20-17(23-18)15-8-2-3-10-19-15/h2-4,6-8,10,12,16H,5,9,11H2,1H3/t16-/m0/s1. The average Bonchev–Trinajstić information content (AvgIpc) is 3.25. The Balaban J connectivity index is 1.63. The van der Waals surface area contributed by atoms with Gasteiger partial charge in [0.15, 0.2) is 5.01 Å². The van der Waals surface area contributed by atoms with Crippen molar-refractivity contribution in [1.82, 2.24) is 15.2 Å². The van der Waals surface area contributed by atoms with E-state index in [0.717, 1.165) is 22.4 Å². The summed E-state index contributed by atoms with van der Waals surface area (Å²) in [6.07, 6.45) is 4.15. The van der Waals surface area contributed by atoms with Crippen LogP contribution in [0.1, 0.15) is 30.0 Å². The number of aromatic nitrogens is 3. The Hall–Kier alpha value is -2.27. The number of benzene rings is 1. The van der Waals surface area contributed by atoms with Crippen LogP contribution in [0.5, 0.6) is 0 Å². The van der Waals surface area contributed by atoms with Crippen LogP contribution in [0.3, 0.4) is 0 Å². The predicted octanol–water partition coefficient (Wildman–Crippen LogP) is 4.25. The Labute approximate surface area is 139 Å².